The van der Waals surface area contributed by atoms with Crippen LogP contribution in [0.3, 0.4) is 0 Å². The summed E-state index contributed by atoms with van der Waals surface area (Å²) >= 11 is 6.45. The molecule has 4 N–H and O–H groups in total. The number of nitrogens with one attached hydrogen (secondary N) is 2. The number of carbonyl (C=O) groups excluding carboxylic acids is 1. The number of nitrogens with zero attached hydrogens (tertiary/aromatic N) is 2. The van der Waals surface area contributed by atoms with Gasteiger partial charge in [-0.05, 0) is 30.4 Å². The first-order valence-electron chi connectivity index (χ1n) is 10.4. The number of pyridine rings is 1. The monoisotopic (exact) mass is 493 g/mol. The number of allylic oxidation sites excluding steroid dienone is 1. The molecule has 34 heavy (non-hydrogen) atoms. The van der Waals surface area contributed by atoms with Gasteiger partial charge in [0.2, 0.25) is 5.91 Å². The Balaban J connectivity index is 1.52. The van der Waals surface area contributed by atoms with Crippen molar-refractivity contribution in [2.75, 3.05) is 12.4 Å². The van der Waals surface area contributed by atoms with Gasteiger partial charge in [-0.2, -0.15) is 0 Å². The number of halogens is 4. The zero-order valence-corrected chi connectivity index (χ0v) is 18.4. The summed E-state index contributed by atoms with van der Waals surface area (Å²) < 4.78 is 47.0. The summed E-state index contributed by atoms with van der Waals surface area (Å²) in [5.41, 5.74) is 7.39. The van der Waals surface area contributed by atoms with Crippen molar-refractivity contribution in [3.05, 3.63) is 41.6 Å². The fourth-order valence-corrected chi connectivity index (χ4v) is 5.04. The van der Waals surface area contributed by atoms with Gasteiger partial charge in [0.1, 0.15) is 22.8 Å². The summed E-state index contributed by atoms with van der Waals surface area (Å²) in [6.45, 7) is 0. The average Bonchev–Trinajstić information content (AvgIpc) is 3.48. The van der Waals surface area contributed by atoms with Crippen molar-refractivity contribution in [1.29, 1.82) is 0 Å². The maximum atomic E-state index is 12.6. The number of methoxy groups -OCH3 is 1. The standard InChI is InChI=1S/C22H19ClF3N5O3/c1-33-14-7-11(34-22(24,25)26)4-5-12(14)20-30-18-17(13(23)8-28-21(18)31-20)29-16-10-3-2-9(6-10)15(16)19(27)32/h2-5,7-10,15-16H,6H2,1H3,(H2,27,32)(H2,28,29,30,31)/t9-,10-,15+,16-/m1/s1. The summed E-state index contributed by atoms with van der Waals surface area (Å²) in [4.78, 5) is 23.9. The van der Waals surface area contributed by atoms with Gasteiger partial charge >= 0.3 is 6.36 Å². The predicted octanol–water partition coefficient (Wildman–Crippen LogP) is 4.27. The molecule has 1 amide bonds. The Labute approximate surface area is 196 Å². The van der Waals surface area contributed by atoms with Crippen LogP contribution in [-0.2, 0) is 4.79 Å². The number of alkyl halides is 3. The van der Waals surface area contributed by atoms with Crippen LogP contribution in [0.5, 0.6) is 11.5 Å². The van der Waals surface area contributed by atoms with Gasteiger partial charge in [-0.25, -0.2) is 9.97 Å². The lowest BCUT2D eigenvalue weighted by molar-refractivity contribution is -0.274. The summed E-state index contributed by atoms with van der Waals surface area (Å²) in [5, 5.41) is 3.69. The number of benzene rings is 1. The predicted molar refractivity (Wildman–Crippen MR) is 118 cm³/mol. The highest BCUT2D eigenvalue weighted by Gasteiger charge is 2.47. The van der Waals surface area contributed by atoms with Gasteiger partial charge in [-0.3, -0.25) is 4.79 Å². The second-order valence-electron chi connectivity index (χ2n) is 8.22. The normalized spacial score (nSPS) is 23.4. The Kier molecular flexibility index (Phi) is 5.31. The SMILES string of the molecule is COc1cc(OC(F)(F)F)ccc1-c1nc2ncc(Cl)c(N[C@H]3[C@@H](C(N)=O)[C@@H]4C=C[C@@H]3C4)c2[nH]1. The minimum absolute atomic E-state index is 0.0788. The molecule has 4 atom stereocenters. The summed E-state index contributed by atoms with van der Waals surface area (Å²) in [5.74, 6) is -0.545. The lowest BCUT2D eigenvalue weighted by atomic mass is 9.88. The molecule has 0 radical (unpaired) electrons. The molecule has 3 aromatic rings. The van der Waals surface area contributed by atoms with Gasteiger partial charge in [0.05, 0.1) is 35.5 Å². The molecule has 178 valence electrons. The molecule has 2 bridgehead atoms. The van der Waals surface area contributed by atoms with E-state index >= 15 is 0 Å². The molecule has 2 aromatic heterocycles. The van der Waals surface area contributed by atoms with Crippen LogP contribution in [0, 0.1) is 17.8 Å². The number of ether oxygens (including phenoxy) is 2. The average molecular weight is 494 g/mol. The first-order chi connectivity index (χ1) is 16.1. The molecule has 0 saturated heterocycles. The van der Waals surface area contributed by atoms with Crippen LogP contribution < -0.4 is 20.5 Å². The molecular formula is C22H19ClF3N5O3. The molecule has 1 aromatic carbocycles. The van der Waals surface area contributed by atoms with Crippen LogP contribution in [0.4, 0.5) is 18.9 Å². The number of fused-ring (bicyclic) bond motifs is 3. The number of hydrogen-bond acceptors (Lipinski definition) is 6. The smallest absolute Gasteiger partial charge is 0.496 e. The molecule has 1 fully saturated rings. The quantitative estimate of drug-likeness (QED) is 0.442. The fourth-order valence-electron chi connectivity index (χ4n) is 4.84. The Hall–Kier alpha value is -3.47. The van der Waals surface area contributed by atoms with Gasteiger partial charge in [0, 0.05) is 12.1 Å². The number of aromatic nitrogens is 3. The van der Waals surface area contributed by atoms with Crippen LogP contribution in [-0.4, -0.2) is 40.4 Å². The summed E-state index contributed by atoms with van der Waals surface area (Å²) in [6, 6.07) is 3.44. The number of anilines is 1. The lowest BCUT2D eigenvalue weighted by Gasteiger charge is -2.28. The third kappa shape index (κ3) is 3.89. The van der Waals surface area contributed by atoms with Crippen molar-refractivity contribution in [1.82, 2.24) is 15.0 Å². The number of hydrogen-bond donors (Lipinski definition) is 3. The van der Waals surface area contributed by atoms with E-state index in [0.717, 1.165) is 18.6 Å². The van der Waals surface area contributed by atoms with Gasteiger partial charge < -0.3 is 25.5 Å². The number of aromatic amines is 1. The van der Waals surface area contributed by atoms with E-state index < -0.39 is 12.1 Å². The molecule has 2 aliphatic rings. The molecule has 2 aliphatic carbocycles. The van der Waals surface area contributed by atoms with E-state index in [4.69, 9.17) is 22.1 Å². The van der Waals surface area contributed by atoms with E-state index in [-0.39, 0.29) is 35.5 Å². The topological polar surface area (TPSA) is 115 Å². The van der Waals surface area contributed by atoms with Crippen LogP contribution in [0.25, 0.3) is 22.6 Å². The molecule has 0 aliphatic heterocycles. The number of imidazole rings is 1. The van der Waals surface area contributed by atoms with E-state index in [1.165, 1.54) is 19.4 Å². The maximum Gasteiger partial charge on any atom is 0.573 e. The van der Waals surface area contributed by atoms with Crippen molar-refractivity contribution in [2.45, 2.75) is 18.8 Å². The maximum absolute atomic E-state index is 12.6. The minimum atomic E-state index is -4.83. The zero-order chi connectivity index (χ0) is 24.2. The minimum Gasteiger partial charge on any atom is -0.496 e. The number of rotatable bonds is 6. The molecule has 2 heterocycles. The second kappa shape index (κ2) is 8.08. The number of nitrogens with two attached hydrogens (primary N) is 1. The van der Waals surface area contributed by atoms with Gasteiger partial charge in [0.15, 0.2) is 5.65 Å². The number of primary amides is 1. The van der Waals surface area contributed by atoms with E-state index in [2.05, 4.69) is 31.1 Å². The molecular weight excluding hydrogens is 475 g/mol. The molecule has 5 rings (SSSR count). The van der Waals surface area contributed by atoms with Crippen LogP contribution >= 0.6 is 11.6 Å². The van der Waals surface area contributed by atoms with E-state index in [9.17, 15) is 18.0 Å². The zero-order valence-electron chi connectivity index (χ0n) is 17.7. The number of carbonyl (C=O) groups is 1. The first kappa shape index (κ1) is 22.3. The van der Waals surface area contributed by atoms with Crippen molar-refractivity contribution in [3.63, 3.8) is 0 Å². The first-order valence-corrected chi connectivity index (χ1v) is 10.7. The van der Waals surface area contributed by atoms with E-state index in [1.807, 2.05) is 6.08 Å². The molecule has 0 unspecified atom stereocenters. The van der Waals surface area contributed by atoms with E-state index in [1.54, 1.807) is 0 Å². The highest BCUT2D eigenvalue weighted by molar-refractivity contribution is 6.34. The number of amides is 1. The third-order valence-corrected chi connectivity index (χ3v) is 6.52. The largest absolute Gasteiger partial charge is 0.573 e. The Morgan fingerprint density at radius 1 is 1.29 bits per heavy atom. The number of H-pyrrole nitrogens is 1. The van der Waals surface area contributed by atoms with Gasteiger partial charge in [-0.15, -0.1) is 13.2 Å². The van der Waals surface area contributed by atoms with Gasteiger partial charge in [0.25, 0.3) is 0 Å². The Morgan fingerprint density at radius 2 is 2.06 bits per heavy atom. The molecule has 0 spiro atoms. The molecule has 8 nitrogen and oxygen atoms in total. The molecule has 12 heteroatoms. The second-order valence-corrected chi connectivity index (χ2v) is 8.63. The highest BCUT2D eigenvalue weighted by atomic mass is 35.5. The Morgan fingerprint density at radius 3 is 2.76 bits per heavy atom. The van der Waals surface area contributed by atoms with Crippen molar-refractivity contribution >= 4 is 34.4 Å². The van der Waals surface area contributed by atoms with Crippen molar-refractivity contribution in [2.24, 2.45) is 23.5 Å². The molecule has 1 saturated carbocycles. The third-order valence-electron chi connectivity index (χ3n) is 6.23. The van der Waals surface area contributed by atoms with Crippen LogP contribution in [0.1, 0.15) is 6.42 Å². The lowest BCUT2D eigenvalue weighted by Crippen LogP contribution is -2.41. The van der Waals surface area contributed by atoms with Crippen LogP contribution in [0.15, 0.2) is 36.5 Å². The van der Waals surface area contributed by atoms with E-state index in [0.29, 0.717) is 33.3 Å². The van der Waals surface area contributed by atoms with Crippen LogP contribution in [0.2, 0.25) is 5.02 Å². The van der Waals surface area contributed by atoms with Gasteiger partial charge in [-0.1, -0.05) is 23.8 Å². The fraction of sp³-hybridized carbons (Fsp3) is 0.318. The summed E-state index contributed by atoms with van der Waals surface area (Å²) in [6.07, 6.45) is 1.53. The summed E-state index contributed by atoms with van der Waals surface area (Å²) in [7, 11) is 1.33. The van der Waals surface area contributed by atoms with Crippen molar-refractivity contribution < 1.29 is 27.4 Å². The highest BCUT2D eigenvalue weighted by Crippen LogP contribution is 2.46. The van der Waals surface area contributed by atoms with Crippen molar-refractivity contribution in [3.8, 4) is 22.9 Å². The Bertz CT molecular complexity index is 1310.